The number of likely N-dealkylation sites (tertiary alicyclic amines) is 1. The third-order valence-corrected chi connectivity index (χ3v) is 6.12. The van der Waals surface area contributed by atoms with E-state index >= 15 is 0 Å². The highest BCUT2D eigenvalue weighted by Crippen LogP contribution is 2.33. The van der Waals surface area contributed by atoms with Crippen LogP contribution >= 0.6 is 11.6 Å². The van der Waals surface area contributed by atoms with E-state index < -0.39 is 5.54 Å². The number of ether oxygens (including phenoxy) is 1. The maximum absolute atomic E-state index is 13.3. The van der Waals surface area contributed by atoms with Crippen molar-refractivity contribution >= 4 is 29.9 Å². The van der Waals surface area contributed by atoms with E-state index in [2.05, 4.69) is 10.8 Å². The Morgan fingerprint density at radius 2 is 1.70 bits per heavy atom. The molecule has 1 fully saturated rings. The molecule has 0 saturated carbocycles. The molecular weight excluding hydrogens is 440 g/mol. The first-order valence-corrected chi connectivity index (χ1v) is 11.4. The molecule has 1 unspecified atom stereocenters. The predicted octanol–water partition coefficient (Wildman–Crippen LogP) is 4.33. The van der Waals surface area contributed by atoms with Crippen molar-refractivity contribution in [2.45, 2.75) is 52.6 Å². The van der Waals surface area contributed by atoms with Gasteiger partial charge in [0.1, 0.15) is 5.54 Å². The lowest BCUT2D eigenvalue weighted by molar-refractivity contribution is -0.164. The van der Waals surface area contributed by atoms with Crippen molar-refractivity contribution in [2.75, 3.05) is 20.2 Å². The smallest absolute Gasteiger partial charge is 0.292 e. The van der Waals surface area contributed by atoms with E-state index in [-0.39, 0.29) is 11.8 Å². The van der Waals surface area contributed by atoms with Crippen molar-refractivity contribution in [1.82, 2.24) is 9.80 Å². The summed E-state index contributed by atoms with van der Waals surface area (Å²) >= 11 is 5.96. The van der Waals surface area contributed by atoms with Crippen molar-refractivity contribution in [1.29, 1.82) is 0 Å². The average molecular weight is 473 g/mol. The Morgan fingerprint density at radius 3 is 2.15 bits per heavy atom. The second kappa shape index (κ2) is 11.8. The summed E-state index contributed by atoms with van der Waals surface area (Å²) in [6.45, 7) is 10.0. The number of likely N-dealkylation sites (N-methyl/N-ethyl adjacent to an activating group) is 1. The largest absolute Gasteiger partial charge is 0.471 e. The predicted molar refractivity (Wildman–Crippen MR) is 130 cm³/mol. The maximum atomic E-state index is 13.3. The van der Waals surface area contributed by atoms with E-state index in [0.29, 0.717) is 44.0 Å². The molecule has 0 aliphatic carbocycles. The van der Waals surface area contributed by atoms with Gasteiger partial charge in [0.15, 0.2) is 0 Å². The monoisotopic (exact) mass is 472 g/mol. The molecular formula is C26H33ClN2O4. The van der Waals surface area contributed by atoms with Gasteiger partial charge < -0.3 is 14.5 Å². The lowest BCUT2D eigenvalue weighted by Gasteiger charge is -2.51. The Bertz CT molecular complexity index is 957. The Labute approximate surface area is 201 Å². The van der Waals surface area contributed by atoms with E-state index in [9.17, 15) is 9.59 Å². The van der Waals surface area contributed by atoms with Gasteiger partial charge >= 0.3 is 0 Å². The van der Waals surface area contributed by atoms with Gasteiger partial charge in [-0.2, -0.15) is 0 Å². The average Bonchev–Trinajstić information content (AvgIpc) is 2.76. The molecule has 33 heavy (non-hydrogen) atoms. The van der Waals surface area contributed by atoms with Crippen molar-refractivity contribution < 1.29 is 19.1 Å². The molecule has 2 amide bonds. The first-order valence-electron chi connectivity index (χ1n) is 11.0. The number of rotatable bonds is 7. The summed E-state index contributed by atoms with van der Waals surface area (Å²) in [5, 5.41) is 0.678. The lowest BCUT2D eigenvalue weighted by Crippen LogP contribution is -2.68. The molecule has 2 aromatic carbocycles. The van der Waals surface area contributed by atoms with Gasteiger partial charge in [-0.25, -0.2) is 0 Å². The van der Waals surface area contributed by atoms with Gasteiger partial charge in [0.2, 0.25) is 11.8 Å². The standard InChI is InChI=1S/C24H29ClN2O2.C2H4O2/c1-5-26(16-19-6-8-21(25)9-7-19)23(29)24(4)10-11-27(24)22(28)15-20-13-17(2)12-18(3)14-20;1-4-2-3/h6-9,12-14H,5,10-11,15-16H2,1-4H3;2H,1H3. The highest BCUT2D eigenvalue weighted by atomic mass is 35.5. The quantitative estimate of drug-likeness (QED) is 0.562. The highest BCUT2D eigenvalue weighted by Gasteiger charge is 2.50. The molecule has 1 aliphatic rings. The number of carbonyl (C=O) groups is 3. The molecule has 1 atom stereocenters. The fourth-order valence-electron chi connectivity index (χ4n) is 4.10. The van der Waals surface area contributed by atoms with Crippen LogP contribution in [0.2, 0.25) is 5.02 Å². The van der Waals surface area contributed by atoms with Gasteiger partial charge in [-0.1, -0.05) is 53.1 Å². The molecule has 7 heteroatoms. The zero-order valence-electron chi connectivity index (χ0n) is 20.1. The SMILES string of the molecule is CCN(Cc1ccc(Cl)cc1)C(=O)C1(C)CCN1C(=O)Cc1cc(C)cc(C)c1.COC=O. The number of benzene rings is 2. The van der Waals surface area contributed by atoms with E-state index in [1.165, 1.54) is 7.11 Å². The fraction of sp³-hybridized carbons (Fsp3) is 0.423. The minimum absolute atomic E-state index is 0.00923. The van der Waals surface area contributed by atoms with Crippen LogP contribution in [0.15, 0.2) is 42.5 Å². The summed E-state index contributed by atoms with van der Waals surface area (Å²) < 4.78 is 3.86. The second-order valence-electron chi connectivity index (χ2n) is 8.52. The van der Waals surface area contributed by atoms with Gasteiger partial charge in [-0.15, -0.1) is 0 Å². The molecule has 3 rings (SSSR count). The molecule has 1 heterocycles. The number of amides is 2. The van der Waals surface area contributed by atoms with Crippen molar-refractivity contribution in [2.24, 2.45) is 0 Å². The zero-order valence-corrected chi connectivity index (χ0v) is 20.8. The van der Waals surface area contributed by atoms with E-state index in [1.54, 1.807) is 4.90 Å². The maximum Gasteiger partial charge on any atom is 0.292 e. The van der Waals surface area contributed by atoms with Crippen LogP contribution in [0.4, 0.5) is 0 Å². The van der Waals surface area contributed by atoms with Gasteiger partial charge in [0, 0.05) is 24.7 Å². The Morgan fingerprint density at radius 1 is 1.12 bits per heavy atom. The summed E-state index contributed by atoms with van der Waals surface area (Å²) in [6.07, 6.45) is 1.02. The fourth-order valence-corrected chi connectivity index (χ4v) is 4.23. The number of aryl methyl sites for hydroxylation is 2. The van der Waals surface area contributed by atoms with E-state index in [1.807, 2.05) is 69.0 Å². The first-order chi connectivity index (χ1) is 15.6. The molecule has 6 nitrogen and oxygen atoms in total. The van der Waals surface area contributed by atoms with Crippen molar-refractivity contribution in [3.05, 3.63) is 69.7 Å². The first kappa shape index (κ1) is 26.4. The highest BCUT2D eigenvalue weighted by molar-refractivity contribution is 6.30. The summed E-state index contributed by atoms with van der Waals surface area (Å²) in [5.41, 5.74) is 3.56. The van der Waals surface area contributed by atoms with Crippen molar-refractivity contribution in [3.8, 4) is 0 Å². The zero-order chi connectivity index (χ0) is 24.6. The molecule has 0 spiro atoms. The van der Waals surface area contributed by atoms with Crippen LogP contribution in [-0.4, -0.2) is 53.8 Å². The number of nitrogens with zero attached hydrogens (tertiary/aromatic N) is 2. The molecule has 2 aromatic rings. The number of hydrogen-bond donors (Lipinski definition) is 0. The van der Waals surface area contributed by atoms with Crippen LogP contribution in [0.5, 0.6) is 0 Å². The number of methoxy groups -OCH3 is 1. The van der Waals surface area contributed by atoms with Crippen LogP contribution in [0.1, 0.15) is 42.5 Å². The summed E-state index contributed by atoms with van der Waals surface area (Å²) in [6, 6.07) is 13.7. The molecule has 1 saturated heterocycles. The van der Waals surface area contributed by atoms with Crippen LogP contribution in [0.3, 0.4) is 0 Å². The van der Waals surface area contributed by atoms with Gasteiger partial charge in [0.25, 0.3) is 6.47 Å². The molecule has 0 aromatic heterocycles. The van der Waals surface area contributed by atoms with Crippen molar-refractivity contribution in [3.63, 3.8) is 0 Å². The Hall–Kier alpha value is -2.86. The Kier molecular flexibility index (Phi) is 9.47. The molecule has 0 radical (unpaired) electrons. The summed E-state index contributed by atoms with van der Waals surface area (Å²) in [7, 11) is 1.31. The minimum Gasteiger partial charge on any atom is -0.471 e. The van der Waals surface area contributed by atoms with Gasteiger partial charge in [0.05, 0.1) is 13.5 Å². The number of carbonyl (C=O) groups excluding carboxylic acids is 3. The van der Waals surface area contributed by atoms with E-state index in [4.69, 9.17) is 16.4 Å². The molecule has 0 bridgehead atoms. The van der Waals surface area contributed by atoms with Gasteiger partial charge in [-0.05, 0) is 57.4 Å². The Balaban J connectivity index is 0.000000890. The molecule has 178 valence electrons. The second-order valence-corrected chi connectivity index (χ2v) is 8.96. The van der Waals surface area contributed by atoms with Gasteiger partial charge in [-0.3, -0.25) is 14.4 Å². The van der Waals surface area contributed by atoms with Crippen LogP contribution in [-0.2, 0) is 32.1 Å². The van der Waals surface area contributed by atoms with Crippen LogP contribution in [0.25, 0.3) is 0 Å². The minimum atomic E-state index is -0.765. The number of hydrogen-bond acceptors (Lipinski definition) is 4. The lowest BCUT2D eigenvalue weighted by atomic mass is 9.84. The summed E-state index contributed by atoms with van der Waals surface area (Å²) in [4.78, 5) is 38.8. The molecule has 0 N–H and O–H groups in total. The van der Waals surface area contributed by atoms with E-state index in [0.717, 1.165) is 22.3 Å². The topological polar surface area (TPSA) is 66.9 Å². The number of halogens is 1. The molecule has 1 aliphatic heterocycles. The van der Waals surface area contributed by atoms with Crippen LogP contribution < -0.4 is 0 Å². The third-order valence-electron chi connectivity index (χ3n) is 5.87. The normalized spacial score (nSPS) is 16.7. The third kappa shape index (κ3) is 6.81. The van der Waals surface area contributed by atoms with Crippen LogP contribution in [0, 0.1) is 13.8 Å². The summed E-state index contributed by atoms with van der Waals surface area (Å²) in [5.74, 6) is 0.0228.